The average molecular weight is 174 g/mol. The van der Waals surface area contributed by atoms with Crippen LogP contribution in [0.1, 0.15) is 32.6 Å². The molecule has 1 aliphatic rings. The normalized spacial score (nSPS) is 27.4. The van der Waals surface area contributed by atoms with Gasteiger partial charge < -0.3 is 0 Å². The Morgan fingerprint density at radius 1 is 1.64 bits per heavy atom. The fourth-order valence-electron chi connectivity index (χ4n) is 1.37. The molecule has 0 aromatic carbocycles. The number of carbonyl (C=O) groups is 1. The fourth-order valence-corrected chi connectivity index (χ4v) is 2.86. The first-order chi connectivity index (χ1) is 5.24. The summed E-state index contributed by atoms with van der Waals surface area (Å²) >= 11 is 0. The third-order valence-corrected chi connectivity index (χ3v) is 3.93. The highest BCUT2D eigenvalue weighted by molar-refractivity contribution is 7.85. The van der Waals surface area contributed by atoms with Gasteiger partial charge in [-0.3, -0.25) is 9.00 Å². The van der Waals surface area contributed by atoms with E-state index in [2.05, 4.69) is 0 Å². The van der Waals surface area contributed by atoms with Gasteiger partial charge >= 0.3 is 0 Å². The highest BCUT2D eigenvalue weighted by Crippen LogP contribution is 2.20. The van der Waals surface area contributed by atoms with Gasteiger partial charge in [0, 0.05) is 34.6 Å². The molecular weight excluding hydrogens is 160 g/mol. The van der Waals surface area contributed by atoms with Crippen molar-refractivity contribution in [3.63, 3.8) is 0 Å². The number of hydrogen-bond acceptors (Lipinski definition) is 2. The van der Waals surface area contributed by atoms with Gasteiger partial charge in [0.1, 0.15) is 5.78 Å². The molecule has 1 fully saturated rings. The van der Waals surface area contributed by atoms with Crippen molar-refractivity contribution in [3.8, 4) is 0 Å². The van der Waals surface area contributed by atoms with E-state index >= 15 is 0 Å². The summed E-state index contributed by atoms with van der Waals surface area (Å²) < 4.78 is 11.3. The van der Waals surface area contributed by atoms with Crippen molar-refractivity contribution in [3.05, 3.63) is 0 Å². The summed E-state index contributed by atoms with van der Waals surface area (Å²) in [6, 6.07) is 0. The lowest BCUT2D eigenvalue weighted by atomic mass is 10.4. The van der Waals surface area contributed by atoms with Gasteiger partial charge in [-0.2, -0.15) is 0 Å². The quantitative estimate of drug-likeness (QED) is 0.645. The molecule has 0 heterocycles. The Morgan fingerprint density at radius 2 is 2.36 bits per heavy atom. The molecule has 0 N–H and O–H groups in total. The van der Waals surface area contributed by atoms with Crippen LogP contribution in [0.4, 0.5) is 0 Å². The first kappa shape index (κ1) is 8.91. The van der Waals surface area contributed by atoms with E-state index in [1.165, 1.54) is 0 Å². The number of rotatable bonds is 3. The van der Waals surface area contributed by atoms with Crippen LogP contribution in [0.3, 0.4) is 0 Å². The first-order valence-corrected chi connectivity index (χ1v) is 5.51. The number of carbonyl (C=O) groups excluding carboxylic acids is 1. The molecule has 0 radical (unpaired) electrons. The Hall–Kier alpha value is -0.180. The summed E-state index contributed by atoms with van der Waals surface area (Å²) in [5, 5.41) is 0.183. The van der Waals surface area contributed by atoms with Crippen molar-refractivity contribution in [2.24, 2.45) is 0 Å². The standard InChI is InChI=1S/C8H14O2S/c1-2-5-11(10)8-4-3-7(9)6-8/h8H,2-6H2,1H3. The SMILES string of the molecule is CCCS(=O)C1CCC(=O)C1. The van der Waals surface area contributed by atoms with Gasteiger partial charge in [0.25, 0.3) is 0 Å². The van der Waals surface area contributed by atoms with Gasteiger partial charge in [-0.1, -0.05) is 6.92 Å². The number of hydrogen-bond donors (Lipinski definition) is 0. The van der Waals surface area contributed by atoms with E-state index in [-0.39, 0.29) is 5.25 Å². The lowest BCUT2D eigenvalue weighted by Crippen LogP contribution is -2.13. The van der Waals surface area contributed by atoms with E-state index in [1.54, 1.807) is 0 Å². The number of ketones is 1. The van der Waals surface area contributed by atoms with E-state index < -0.39 is 10.8 Å². The van der Waals surface area contributed by atoms with Crippen LogP contribution in [0, 0.1) is 0 Å². The Kier molecular flexibility index (Phi) is 3.24. The van der Waals surface area contributed by atoms with Gasteiger partial charge in [-0.05, 0) is 12.8 Å². The van der Waals surface area contributed by atoms with Crippen molar-refractivity contribution < 1.29 is 9.00 Å². The van der Waals surface area contributed by atoms with Crippen LogP contribution >= 0.6 is 0 Å². The molecule has 0 saturated heterocycles. The molecule has 0 amide bonds. The lowest BCUT2D eigenvalue weighted by Gasteiger charge is -2.05. The Bertz CT molecular complexity index is 177. The molecule has 0 bridgehead atoms. The monoisotopic (exact) mass is 174 g/mol. The average Bonchev–Trinajstić information content (AvgIpc) is 2.36. The largest absolute Gasteiger partial charge is 0.300 e. The van der Waals surface area contributed by atoms with Crippen LogP contribution in [0.25, 0.3) is 0 Å². The lowest BCUT2D eigenvalue weighted by molar-refractivity contribution is -0.117. The molecule has 0 spiro atoms. The van der Waals surface area contributed by atoms with Crippen LogP contribution in [-0.2, 0) is 15.6 Å². The molecule has 11 heavy (non-hydrogen) atoms. The van der Waals surface area contributed by atoms with Crippen LogP contribution in [0.15, 0.2) is 0 Å². The maximum atomic E-state index is 11.3. The molecular formula is C8H14O2S. The zero-order valence-corrected chi connectivity index (χ0v) is 7.65. The predicted octanol–water partition coefficient (Wildman–Crippen LogP) is 1.27. The van der Waals surface area contributed by atoms with Crippen molar-refractivity contribution in [1.29, 1.82) is 0 Å². The molecule has 0 aromatic heterocycles. The molecule has 3 heteroatoms. The highest BCUT2D eigenvalue weighted by atomic mass is 32.2. The smallest absolute Gasteiger partial charge is 0.134 e. The Balaban J connectivity index is 2.37. The van der Waals surface area contributed by atoms with Gasteiger partial charge in [0.15, 0.2) is 0 Å². The second kappa shape index (κ2) is 4.00. The Labute approximate surface area is 69.8 Å². The van der Waals surface area contributed by atoms with Gasteiger partial charge in [0.2, 0.25) is 0 Å². The summed E-state index contributed by atoms with van der Waals surface area (Å²) in [5.74, 6) is 1.05. The topological polar surface area (TPSA) is 34.1 Å². The molecule has 0 aliphatic heterocycles. The second-order valence-corrected chi connectivity index (χ2v) is 4.82. The molecule has 64 valence electrons. The zero-order valence-electron chi connectivity index (χ0n) is 6.84. The minimum atomic E-state index is -0.737. The van der Waals surface area contributed by atoms with E-state index in [4.69, 9.17) is 0 Å². The van der Waals surface area contributed by atoms with Crippen molar-refractivity contribution in [1.82, 2.24) is 0 Å². The molecule has 2 unspecified atom stereocenters. The molecule has 2 nitrogen and oxygen atoms in total. The van der Waals surface area contributed by atoms with Gasteiger partial charge in [-0.15, -0.1) is 0 Å². The minimum Gasteiger partial charge on any atom is -0.300 e. The number of Topliss-reactive ketones (excluding diaryl/α,β-unsaturated/α-hetero) is 1. The third-order valence-electron chi connectivity index (χ3n) is 1.98. The third kappa shape index (κ3) is 2.40. The van der Waals surface area contributed by atoms with Crippen molar-refractivity contribution in [2.45, 2.75) is 37.9 Å². The van der Waals surface area contributed by atoms with E-state index in [9.17, 15) is 9.00 Å². The first-order valence-electron chi connectivity index (χ1n) is 4.13. The second-order valence-electron chi connectivity index (χ2n) is 2.99. The van der Waals surface area contributed by atoms with Crippen LogP contribution < -0.4 is 0 Å². The highest BCUT2D eigenvalue weighted by Gasteiger charge is 2.26. The summed E-state index contributed by atoms with van der Waals surface area (Å²) in [6.07, 6.45) is 3.02. The molecule has 1 rings (SSSR count). The summed E-state index contributed by atoms with van der Waals surface area (Å²) in [4.78, 5) is 10.8. The van der Waals surface area contributed by atoms with Crippen LogP contribution in [0.2, 0.25) is 0 Å². The van der Waals surface area contributed by atoms with Crippen molar-refractivity contribution in [2.75, 3.05) is 5.75 Å². The molecule has 2 atom stereocenters. The van der Waals surface area contributed by atoms with Gasteiger partial charge in [-0.25, -0.2) is 0 Å². The van der Waals surface area contributed by atoms with Crippen LogP contribution in [0.5, 0.6) is 0 Å². The van der Waals surface area contributed by atoms with Crippen LogP contribution in [-0.4, -0.2) is 21.0 Å². The maximum Gasteiger partial charge on any atom is 0.134 e. The summed E-state index contributed by atoms with van der Waals surface area (Å²) in [6.45, 7) is 2.02. The Morgan fingerprint density at radius 3 is 2.82 bits per heavy atom. The molecule has 1 saturated carbocycles. The summed E-state index contributed by atoms with van der Waals surface area (Å²) in [5.41, 5.74) is 0. The zero-order chi connectivity index (χ0) is 8.27. The summed E-state index contributed by atoms with van der Waals surface area (Å²) in [7, 11) is -0.737. The van der Waals surface area contributed by atoms with Crippen molar-refractivity contribution >= 4 is 16.6 Å². The van der Waals surface area contributed by atoms with E-state index in [0.29, 0.717) is 18.6 Å². The molecule has 1 aliphatic carbocycles. The predicted molar refractivity (Wildman–Crippen MR) is 45.9 cm³/mol. The van der Waals surface area contributed by atoms with E-state index in [1.807, 2.05) is 6.92 Å². The maximum absolute atomic E-state index is 11.3. The fraction of sp³-hybridized carbons (Fsp3) is 0.875. The minimum absolute atomic E-state index is 0.183. The van der Waals surface area contributed by atoms with Gasteiger partial charge in [0.05, 0.1) is 0 Å². The van der Waals surface area contributed by atoms with E-state index in [0.717, 1.165) is 18.6 Å². The molecule has 0 aromatic rings.